The molecule has 10 heteroatoms. The Hall–Kier alpha value is -1.66. The topological polar surface area (TPSA) is 91.6 Å². The van der Waals surface area contributed by atoms with Gasteiger partial charge in [0.25, 0.3) is 0 Å². The summed E-state index contributed by atoms with van der Waals surface area (Å²) in [4.78, 5) is 4.34. The Balaban J connectivity index is 0.00000320. The molecule has 0 bridgehead atoms. The van der Waals surface area contributed by atoms with E-state index in [0.717, 1.165) is 36.6 Å². The number of nitrogens with one attached hydrogen (secondary N) is 2. The lowest BCUT2D eigenvalue weighted by Gasteiger charge is -2.30. The van der Waals surface area contributed by atoms with Crippen molar-refractivity contribution in [1.82, 2.24) is 24.7 Å². The molecular weight excluding hydrogens is 515 g/mol. The van der Waals surface area contributed by atoms with Gasteiger partial charge >= 0.3 is 0 Å². The van der Waals surface area contributed by atoms with Crippen molar-refractivity contribution in [3.63, 3.8) is 0 Å². The third-order valence-electron chi connectivity index (χ3n) is 5.32. The van der Waals surface area contributed by atoms with Crippen molar-refractivity contribution in [3.05, 3.63) is 48.3 Å². The third-order valence-corrected chi connectivity index (χ3v) is 6.62. The lowest BCUT2D eigenvalue weighted by molar-refractivity contribution is 0.274. The van der Waals surface area contributed by atoms with Crippen molar-refractivity contribution in [2.75, 3.05) is 32.9 Å². The van der Waals surface area contributed by atoms with Gasteiger partial charge in [0.15, 0.2) is 5.96 Å². The Morgan fingerprint density at radius 1 is 1.30 bits per heavy atom. The lowest BCUT2D eigenvalue weighted by atomic mass is 9.98. The van der Waals surface area contributed by atoms with Crippen LogP contribution in [0.1, 0.15) is 31.4 Å². The highest BCUT2D eigenvalue weighted by Gasteiger charge is 2.24. The van der Waals surface area contributed by atoms with Gasteiger partial charge in [0.1, 0.15) is 0 Å². The number of hydrogen-bond acceptors (Lipinski definition) is 4. The first-order chi connectivity index (χ1) is 13.9. The van der Waals surface area contributed by atoms with Gasteiger partial charge in [-0.25, -0.2) is 17.4 Å². The van der Waals surface area contributed by atoms with E-state index in [-0.39, 0.29) is 30.0 Å². The number of sulfonamides is 1. The highest BCUT2D eigenvalue weighted by atomic mass is 127. The van der Waals surface area contributed by atoms with E-state index in [0.29, 0.717) is 19.0 Å². The van der Waals surface area contributed by atoms with E-state index in [1.165, 1.54) is 6.26 Å². The van der Waals surface area contributed by atoms with Gasteiger partial charge in [-0.3, -0.25) is 4.99 Å². The summed E-state index contributed by atoms with van der Waals surface area (Å²) >= 11 is 0. The maximum absolute atomic E-state index is 11.6. The van der Waals surface area contributed by atoms with E-state index >= 15 is 0 Å². The van der Waals surface area contributed by atoms with Crippen LogP contribution in [-0.2, 0) is 10.0 Å². The van der Waals surface area contributed by atoms with Gasteiger partial charge < -0.3 is 10.6 Å². The second-order valence-electron chi connectivity index (χ2n) is 7.47. The van der Waals surface area contributed by atoms with E-state index in [1.54, 1.807) is 17.5 Å². The summed E-state index contributed by atoms with van der Waals surface area (Å²) < 4.78 is 26.7. The molecule has 2 aromatic rings. The molecule has 0 spiro atoms. The van der Waals surface area contributed by atoms with Gasteiger partial charge in [-0.1, -0.05) is 12.1 Å². The van der Waals surface area contributed by atoms with Crippen molar-refractivity contribution in [1.29, 1.82) is 0 Å². The molecule has 2 heterocycles. The molecular formula is C20H31IN6O2S. The molecule has 3 rings (SSSR count). The standard InChI is InChI=1S/C20H30N6O2S.HI/c1-16(18-6-4-7-19(14-18)26-11-5-10-23-26)24-20(21-2)22-15-17-8-12-25(13-9-17)29(3,27)28;/h4-7,10-11,14,16-17H,8-9,12-13,15H2,1-3H3,(H2,21,22,24);1H. The first-order valence-corrected chi connectivity index (χ1v) is 11.7. The Morgan fingerprint density at radius 3 is 2.63 bits per heavy atom. The van der Waals surface area contributed by atoms with Crippen molar-refractivity contribution in [2.45, 2.75) is 25.8 Å². The van der Waals surface area contributed by atoms with Gasteiger partial charge in [-0.05, 0) is 49.4 Å². The summed E-state index contributed by atoms with van der Waals surface area (Å²) in [6.07, 6.45) is 6.68. The van der Waals surface area contributed by atoms with Crippen LogP contribution in [0, 0.1) is 5.92 Å². The van der Waals surface area contributed by atoms with Crippen LogP contribution in [0.2, 0.25) is 0 Å². The van der Waals surface area contributed by atoms with E-state index in [9.17, 15) is 8.42 Å². The number of piperidine rings is 1. The fourth-order valence-corrected chi connectivity index (χ4v) is 4.40. The third kappa shape index (κ3) is 6.67. The van der Waals surface area contributed by atoms with Crippen molar-refractivity contribution in [3.8, 4) is 5.69 Å². The maximum atomic E-state index is 11.6. The van der Waals surface area contributed by atoms with E-state index < -0.39 is 10.0 Å². The zero-order chi connectivity index (χ0) is 20.9. The molecule has 1 atom stereocenters. The number of benzene rings is 1. The van der Waals surface area contributed by atoms with Crippen LogP contribution in [0.5, 0.6) is 0 Å². The number of halogens is 1. The molecule has 0 amide bonds. The molecule has 1 aliphatic rings. The minimum atomic E-state index is -3.08. The molecule has 166 valence electrons. The van der Waals surface area contributed by atoms with Gasteiger partial charge in [0.05, 0.1) is 18.0 Å². The summed E-state index contributed by atoms with van der Waals surface area (Å²) in [5, 5.41) is 11.1. The van der Waals surface area contributed by atoms with Crippen LogP contribution >= 0.6 is 24.0 Å². The van der Waals surface area contributed by atoms with Crippen molar-refractivity contribution in [2.24, 2.45) is 10.9 Å². The Bertz CT molecular complexity index is 925. The average Bonchev–Trinajstić information content (AvgIpc) is 3.25. The molecule has 0 radical (unpaired) electrons. The van der Waals surface area contributed by atoms with E-state index in [1.807, 2.05) is 29.1 Å². The fourth-order valence-electron chi connectivity index (χ4n) is 3.53. The summed E-state index contributed by atoms with van der Waals surface area (Å²) in [6.45, 7) is 4.05. The normalized spacial score (nSPS) is 17.2. The summed E-state index contributed by atoms with van der Waals surface area (Å²) in [7, 11) is -1.32. The second-order valence-corrected chi connectivity index (χ2v) is 9.45. The fraction of sp³-hybridized carbons (Fsp3) is 0.500. The van der Waals surface area contributed by atoms with E-state index in [2.05, 4.69) is 39.8 Å². The summed E-state index contributed by atoms with van der Waals surface area (Å²) in [5.74, 6) is 1.18. The number of guanidine groups is 1. The van der Waals surface area contributed by atoms with Crippen LogP contribution in [-0.4, -0.2) is 61.4 Å². The van der Waals surface area contributed by atoms with Gasteiger partial charge in [-0.15, -0.1) is 24.0 Å². The number of rotatable bonds is 6. The zero-order valence-corrected chi connectivity index (χ0v) is 20.8. The quantitative estimate of drug-likeness (QED) is 0.330. The lowest BCUT2D eigenvalue weighted by Crippen LogP contribution is -2.44. The van der Waals surface area contributed by atoms with Crippen LogP contribution in [0.3, 0.4) is 0 Å². The van der Waals surface area contributed by atoms with Gasteiger partial charge in [0, 0.05) is 39.1 Å². The first kappa shape index (κ1) is 24.6. The SMILES string of the molecule is CN=C(NCC1CCN(S(C)(=O)=O)CC1)NC(C)c1cccc(-n2cccn2)c1.I. The first-order valence-electron chi connectivity index (χ1n) is 9.89. The predicted molar refractivity (Wildman–Crippen MR) is 131 cm³/mol. The Kier molecular flexibility index (Phi) is 9.10. The molecule has 2 N–H and O–H groups in total. The van der Waals surface area contributed by atoms with Gasteiger partial charge in [0.2, 0.25) is 10.0 Å². The van der Waals surface area contributed by atoms with Crippen LogP contribution in [0.4, 0.5) is 0 Å². The smallest absolute Gasteiger partial charge is 0.211 e. The molecule has 1 aromatic heterocycles. The minimum Gasteiger partial charge on any atom is -0.356 e. The minimum absolute atomic E-state index is 0. The molecule has 1 aliphatic heterocycles. The maximum Gasteiger partial charge on any atom is 0.211 e. The molecule has 1 unspecified atom stereocenters. The molecule has 8 nitrogen and oxygen atoms in total. The Morgan fingerprint density at radius 2 is 2.03 bits per heavy atom. The zero-order valence-electron chi connectivity index (χ0n) is 17.7. The van der Waals surface area contributed by atoms with Crippen LogP contribution in [0.25, 0.3) is 5.69 Å². The largest absolute Gasteiger partial charge is 0.356 e. The number of nitrogens with zero attached hydrogens (tertiary/aromatic N) is 4. The van der Waals surface area contributed by atoms with Crippen molar-refractivity contribution < 1.29 is 8.42 Å². The number of hydrogen-bond donors (Lipinski definition) is 2. The van der Waals surface area contributed by atoms with Gasteiger partial charge in [-0.2, -0.15) is 5.10 Å². The van der Waals surface area contributed by atoms with Crippen LogP contribution < -0.4 is 10.6 Å². The predicted octanol–water partition coefficient (Wildman–Crippen LogP) is 2.39. The number of aliphatic imine (C=N–C) groups is 1. The second kappa shape index (κ2) is 11.1. The molecule has 30 heavy (non-hydrogen) atoms. The molecule has 1 saturated heterocycles. The molecule has 0 saturated carbocycles. The molecule has 0 aliphatic carbocycles. The Labute approximate surface area is 196 Å². The molecule has 1 aromatic carbocycles. The highest BCUT2D eigenvalue weighted by Crippen LogP contribution is 2.19. The summed E-state index contributed by atoms with van der Waals surface area (Å²) in [6, 6.07) is 10.2. The average molecular weight is 546 g/mol. The number of aromatic nitrogens is 2. The monoisotopic (exact) mass is 546 g/mol. The van der Waals surface area contributed by atoms with E-state index in [4.69, 9.17) is 0 Å². The highest BCUT2D eigenvalue weighted by molar-refractivity contribution is 14.0. The van der Waals surface area contributed by atoms with Crippen LogP contribution in [0.15, 0.2) is 47.7 Å². The molecule has 1 fully saturated rings. The summed E-state index contributed by atoms with van der Waals surface area (Å²) in [5.41, 5.74) is 2.16. The van der Waals surface area contributed by atoms with Crippen molar-refractivity contribution >= 4 is 40.0 Å².